The molecule has 0 fully saturated rings. The molecule has 0 aliphatic rings. The second kappa shape index (κ2) is 7.43. The van der Waals surface area contributed by atoms with Crippen LogP contribution in [0, 0.1) is 24.0 Å². The molecule has 0 unspecified atom stereocenters. The van der Waals surface area contributed by atoms with Crippen LogP contribution in [-0.2, 0) is 20.3 Å². The van der Waals surface area contributed by atoms with Crippen molar-refractivity contribution in [3.63, 3.8) is 0 Å². The lowest BCUT2D eigenvalue weighted by Crippen LogP contribution is -2.28. The quantitative estimate of drug-likeness (QED) is 0.455. The highest BCUT2D eigenvalue weighted by Crippen LogP contribution is 2.21. The Labute approximate surface area is 165 Å². The van der Waals surface area contributed by atoms with E-state index in [2.05, 4.69) is 15.3 Å². The molecule has 28 heavy (non-hydrogen) atoms. The molecule has 1 amide bonds. The van der Waals surface area contributed by atoms with Gasteiger partial charge in [0.15, 0.2) is 0 Å². The predicted molar refractivity (Wildman–Crippen MR) is 100.0 cm³/mol. The van der Waals surface area contributed by atoms with Crippen LogP contribution in [0.15, 0.2) is 18.5 Å². The molecular formula is C16H19ClN8O3. The number of aryl methyl sites for hydroxylation is 2. The first-order valence-electron chi connectivity index (χ1n) is 8.32. The fourth-order valence-corrected chi connectivity index (χ4v) is 3.11. The predicted octanol–water partition coefficient (Wildman–Crippen LogP) is 1.77. The van der Waals surface area contributed by atoms with Crippen LogP contribution >= 0.6 is 11.6 Å². The molecule has 0 saturated carbocycles. The summed E-state index contributed by atoms with van der Waals surface area (Å²) in [5.74, 6) is -0.282. The average molecular weight is 407 g/mol. The van der Waals surface area contributed by atoms with Crippen LogP contribution in [0.3, 0.4) is 0 Å². The molecule has 0 aromatic carbocycles. The van der Waals surface area contributed by atoms with E-state index in [1.807, 2.05) is 0 Å². The van der Waals surface area contributed by atoms with Crippen LogP contribution in [0.25, 0.3) is 0 Å². The van der Waals surface area contributed by atoms with Crippen molar-refractivity contribution in [2.45, 2.75) is 27.1 Å². The number of carbonyl (C=O) groups is 1. The minimum absolute atomic E-state index is 0.0174. The maximum absolute atomic E-state index is 12.6. The van der Waals surface area contributed by atoms with Crippen molar-refractivity contribution in [1.29, 1.82) is 0 Å². The Morgan fingerprint density at radius 1 is 1.36 bits per heavy atom. The molecule has 3 aromatic rings. The number of hydrogen-bond donors (Lipinski definition) is 0. The molecule has 0 radical (unpaired) electrons. The van der Waals surface area contributed by atoms with Crippen molar-refractivity contribution in [2.75, 3.05) is 7.05 Å². The lowest BCUT2D eigenvalue weighted by molar-refractivity contribution is -0.386. The van der Waals surface area contributed by atoms with Gasteiger partial charge in [-0.15, -0.1) is 0 Å². The second-order valence-electron chi connectivity index (χ2n) is 6.38. The van der Waals surface area contributed by atoms with Gasteiger partial charge in [0.25, 0.3) is 5.91 Å². The van der Waals surface area contributed by atoms with E-state index in [0.29, 0.717) is 22.1 Å². The van der Waals surface area contributed by atoms with Crippen LogP contribution in [0.4, 0.5) is 5.69 Å². The van der Waals surface area contributed by atoms with Crippen LogP contribution in [0.1, 0.15) is 27.6 Å². The van der Waals surface area contributed by atoms with Crippen LogP contribution in [-0.4, -0.2) is 52.1 Å². The highest BCUT2D eigenvalue weighted by atomic mass is 35.5. The Morgan fingerprint density at radius 2 is 2.07 bits per heavy atom. The number of rotatable bonds is 6. The molecule has 0 saturated heterocycles. The largest absolute Gasteiger partial charge is 0.334 e. The van der Waals surface area contributed by atoms with Gasteiger partial charge < -0.3 is 4.90 Å². The van der Waals surface area contributed by atoms with Gasteiger partial charge in [-0.2, -0.15) is 15.3 Å². The Balaban J connectivity index is 1.74. The van der Waals surface area contributed by atoms with E-state index >= 15 is 0 Å². The van der Waals surface area contributed by atoms with Gasteiger partial charge in [-0.05, 0) is 19.9 Å². The maximum atomic E-state index is 12.6. The molecule has 0 aliphatic carbocycles. The van der Waals surface area contributed by atoms with Crippen molar-refractivity contribution in [3.05, 3.63) is 56.4 Å². The maximum Gasteiger partial charge on any atom is 0.312 e. The van der Waals surface area contributed by atoms with Crippen LogP contribution in [0.5, 0.6) is 0 Å². The first-order chi connectivity index (χ1) is 13.2. The van der Waals surface area contributed by atoms with E-state index in [1.165, 1.54) is 20.5 Å². The molecule has 148 valence electrons. The molecule has 0 bridgehead atoms. The Kier molecular flexibility index (Phi) is 5.18. The van der Waals surface area contributed by atoms with Crippen molar-refractivity contribution in [3.8, 4) is 0 Å². The molecular weight excluding hydrogens is 388 g/mol. The fraction of sp³-hybridized carbons (Fsp3) is 0.375. The summed E-state index contributed by atoms with van der Waals surface area (Å²) < 4.78 is 4.59. The standard InChI is InChI=1S/C16H19ClN8O3/c1-10-15(25(27)28)11(2)24(19-10)9-23-6-5-13(20-23)16(26)21(3)8-14-12(17)7-18-22(14)4/h5-7H,8-9H2,1-4H3. The van der Waals surface area contributed by atoms with Crippen LogP contribution < -0.4 is 0 Å². The number of carbonyl (C=O) groups excluding carboxylic acids is 1. The van der Waals surface area contributed by atoms with E-state index in [9.17, 15) is 14.9 Å². The third-order valence-electron chi connectivity index (χ3n) is 4.41. The van der Waals surface area contributed by atoms with Crippen LogP contribution in [0.2, 0.25) is 5.02 Å². The molecule has 0 atom stereocenters. The third-order valence-corrected chi connectivity index (χ3v) is 4.72. The lowest BCUT2D eigenvalue weighted by Gasteiger charge is -2.16. The average Bonchev–Trinajstić information content (AvgIpc) is 3.29. The first kappa shape index (κ1) is 19.5. The summed E-state index contributed by atoms with van der Waals surface area (Å²) in [6.45, 7) is 3.65. The summed E-state index contributed by atoms with van der Waals surface area (Å²) in [7, 11) is 3.40. The van der Waals surface area contributed by atoms with Crippen molar-refractivity contribution < 1.29 is 9.72 Å². The van der Waals surface area contributed by atoms with Gasteiger partial charge in [0.2, 0.25) is 0 Å². The van der Waals surface area contributed by atoms with E-state index in [0.717, 1.165) is 0 Å². The van der Waals surface area contributed by atoms with Gasteiger partial charge >= 0.3 is 5.69 Å². The summed E-state index contributed by atoms with van der Waals surface area (Å²) in [4.78, 5) is 24.8. The van der Waals surface area contributed by atoms with E-state index in [1.54, 1.807) is 44.9 Å². The summed E-state index contributed by atoms with van der Waals surface area (Å²) in [6, 6.07) is 1.59. The second-order valence-corrected chi connectivity index (χ2v) is 6.79. The number of hydrogen-bond acceptors (Lipinski definition) is 6. The monoisotopic (exact) mass is 406 g/mol. The molecule has 3 rings (SSSR count). The van der Waals surface area contributed by atoms with E-state index in [4.69, 9.17) is 11.6 Å². The lowest BCUT2D eigenvalue weighted by atomic mass is 10.3. The van der Waals surface area contributed by atoms with Gasteiger partial charge in [0.05, 0.1) is 28.4 Å². The number of aromatic nitrogens is 6. The van der Waals surface area contributed by atoms with Crippen molar-refractivity contribution in [1.82, 2.24) is 34.2 Å². The zero-order chi connectivity index (χ0) is 20.6. The smallest absolute Gasteiger partial charge is 0.312 e. The number of halogens is 1. The minimum atomic E-state index is -0.454. The summed E-state index contributed by atoms with van der Waals surface area (Å²) in [5, 5.41) is 24.1. The minimum Gasteiger partial charge on any atom is -0.334 e. The number of nitrogens with zero attached hydrogens (tertiary/aromatic N) is 8. The highest BCUT2D eigenvalue weighted by molar-refractivity contribution is 6.31. The van der Waals surface area contributed by atoms with Gasteiger partial charge in [-0.3, -0.25) is 24.3 Å². The highest BCUT2D eigenvalue weighted by Gasteiger charge is 2.22. The molecule has 3 aromatic heterocycles. The zero-order valence-corrected chi connectivity index (χ0v) is 16.6. The number of amides is 1. The summed E-state index contributed by atoms with van der Waals surface area (Å²) in [6.07, 6.45) is 3.15. The molecule has 11 nitrogen and oxygen atoms in total. The number of nitro groups is 1. The topological polar surface area (TPSA) is 117 Å². The first-order valence-corrected chi connectivity index (χ1v) is 8.70. The molecule has 0 aliphatic heterocycles. The van der Waals surface area contributed by atoms with Gasteiger partial charge in [0, 0.05) is 20.3 Å². The van der Waals surface area contributed by atoms with Crippen molar-refractivity contribution >= 4 is 23.2 Å². The van der Waals surface area contributed by atoms with E-state index in [-0.39, 0.29) is 30.5 Å². The Bertz CT molecular complexity index is 1030. The molecule has 0 spiro atoms. The summed E-state index contributed by atoms with van der Waals surface area (Å²) in [5.41, 5.74) is 1.70. The normalized spacial score (nSPS) is 11.0. The van der Waals surface area contributed by atoms with Crippen molar-refractivity contribution in [2.24, 2.45) is 7.05 Å². The fourth-order valence-electron chi connectivity index (χ4n) is 2.89. The molecule has 12 heteroatoms. The van der Waals surface area contributed by atoms with Gasteiger partial charge in [-0.25, -0.2) is 4.68 Å². The van der Waals surface area contributed by atoms with Gasteiger partial charge in [0.1, 0.15) is 23.8 Å². The zero-order valence-electron chi connectivity index (χ0n) is 15.8. The summed E-state index contributed by atoms with van der Waals surface area (Å²) >= 11 is 6.09. The Hall–Kier alpha value is -3.21. The third kappa shape index (κ3) is 3.60. The molecule has 3 heterocycles. The SMILES string of the molecule is Cc1nn(Cn2ccc(C(=O)N(C)Cc3c(Cl)cnn3C)n2)c(C)c1[N+](=O)[O-]. The Morgan fingerprint density at radius 3 is 2.64 bits per heavy atom. The van der Waals surface area contributed by atoms with E-state index < -0.39 is 4.92 Å². The van der Waals surface area contributed by atoms with Gasteiger partial charge in [-0.1, -0.05) is 11.6 Å². The molecule has 0 N–H and O–H groups in total.